The van der Waals surface area contributed by atoms with Gasteiger partial charge in [0, 0.05) is 6.20 Å². The van der Waals surface area contributed by atoms with Gasteiger partial charge in [0.15, 0.2) is 0 Å². The molecule has 0 aromatic heterocycles. The van der Waals surface area contributed by atoms with Crippen molar-refractivity contribution in [3.05, 3.63) is 70.9 Å². The predicted molar refractivity (Wildman–Crippen MR) is 105 cm³/mol. The maximum atomic E-state index is 12.1. The fraction of sp³-hybridized carbons (Fsp3) is 0.318. The first-order valence-corrected chi connectivity index (χ1v) is 9.15. The van der Waals surface area contributed by atoms with Gasteiger partial charge in [0.2, 0.25) is 0 Å². The Labute approximate surface area is 155 Å². The molecule has 4 nitrogen and oxygen atoms in total. The van der Waals surface area contributed by atoms with E-state index < -0.39 is 0 Å². The number of ether oxygens (including phenoxy) is 1. The molecule has 0 radical (unpaired) electrons. The van der Waals surface area contributed by atoms with Gasteiger partial charge in [-0.2, -0.15) is 0 Å². The average molecular weight is 350 g/mol. The normalized spacial score (nSPS) is 14.5. The average Bonchev–Trinajstić information content (AvgIpc) is 2.67. The fourth-order valence-electron chi connectivity index (χ4n) is 3.30. The Kier molecular flexibility index (Phi) is 5.95. The summed E-state index contributed by atoms with van der Waals surface area (Å²) in [5.74, 6) is 0.789. The van der Waals surface area contributed by atoms with Crippen molar-refractivity contribution >= 4 is 12.1 Å². The van der Waals surface area contributed by atoms with Gasteiger partial charge in [0.05, 0.1) is 13.2 Å². The number of rotatable bonds is 5. The molecule has 2 aromatic carbocycles. The molecule has 26 heavy (non-hydrogen) atoms. The van der Waals surface area contributed by atoms with Crippen molar-refractivity contribution in [3.8, 4) is 5.75 Å². The highest BCUT2D eigenvalue weighted by atomic mass is 16.5. The number of aryl methyl sites for hydroxylation is 2. The van der Waals surface area contributed by atoms with Gasteiger partial charge in [-0.15, -0.1) is 0 Å². The van der Waals surface area contributed by atoms with Crippen molar-refractivity contribution in [1.29, 1.82) is 0 Å². The van der Waals surface area contributed by atoms with E-state index in [4.69, 9.17) is 4.74 Å². The van der Waals surface area contributed by atoms with Crippen LogP contribution in [0, 0.1) is 0 Å². The molecule has 0 fully saturated rings. The van der Waals surface area contributed by atoms with Gasteiger partial charge in [-0.3, -0.25) is 0 Å². The minimum absolute atomic E-state index is 0.0348. The first kappa shape index (κ1) is 18.1. The Morgan fingerprint density at radius 3 is 2.73 bits per heavy atom. The second-order valence-corrected chi connectivity index (χ2v) is 6.68. The van der Waals surface area contributed by atoms with Gasteiger partial charge >= 0.3 is 6.03 Å². The van der Waals surface area contributed by atoms with Gasteiger partial charge in [0.1, 0.15) is 5.75 Å². The quantitative estimate of drug-likeness (QED) is 0.828. The second kappa shape index (κ2) is 8.56. The van der Waals surface area contributed by atoms with Crippen LogP contribution < -0.4 is 15.4 Å². The van der Waals surface area contributed by atoms with Crippen LogP contribution in [0.25, 0.3) is 6.08 Å². The van der Waals surface area contributed by atoms with E-state index in [1.807, 2.05) is 37.3 Å². The van der Waals surface area contributed by atoms with E-state index in [0.717, 1.165) is 23.3 Å². The molecule has 0 aliphatic heterocycles. The lowest BCUT2D eigenvalue weighted by Crippen LogP contribution is -2.34. The van der Waals surface area contributed by atoms with Crippen LogP contribution in [0.5, 0.6) is 5.75 Å². The zero-order valence-electron chi connectivity index (χ0n) is 15.4. The number of carbonyl (C=O) groups is 1. The van der Waals surface area contributed by atoms with Crippen molar-refractivity contribution in [3.63, 3.8) is 0 Å². The van der Waals surface area contributed by atoms with E-state index in [1.54, 1.807) is 13.3 Å². The summed E-state index contributed by atoms with van der Waals surface area (Å²) in [7, 11) is 1.64. The van der Waals surface area contributed by atoms with Crippen molar-refractivity contribution in [1.82, 2.24) is 10.6 Å². The third-order valence-electron chi connectivity index (χ3n) is 4.80. The maximum absolute atomic E-state index is 12.1. The third kappa shape index (κ3) is 4.66. The molecule has 0 saturated carbocycles. The summed E-state index contributed by atoms with van der Waals surface area (Å²) in [4.78, 5) is 12.1. The van der Waals surface area contributed by atoms with Gasteiger partial charge in [-0.05, 0) is 73.1 Å². The smallest absolute Gasteiger partial charge is 0.319 e. The Hall–Kier alpha value is -2.75. The summed E-state index contributed by atoms with van der Waals surface area (Å²) in [5, 5.41) is 5.75. The summed E-state index contributed by atoms with van der Waals surface area (Å²) >= 11 is 0. The van der Waals surface area contributed by atoms with Gasteiger partial charge in [-0.1, -0.05) is 30.3 Å². The predicted octanol–water partition coefficient (Wildman–Crippen LogP) is 4.61. The van der Waals surface area contributed by atoms with Crippen molar-refractivity contribution in [2.24, 2.45) is 0 Å². The lowest BCUT2D eigenvalue weighted by molar-refractivity contribution is 0.241. The largest absolute Gasteiger partial charge is 0.497 e. The van der Waals surface area contributed by atoms with Crippen LogP contribution in [-0.2, 0) is 12.8 Å². The van der Waals surface area contributed by atoms with Gasteiger partial charge in [-0.25, -0.2) is 4.79 Å². The van der Waals surface area contributed by atoms with E-state index in [1.165, 1.54) is 30.4 Å². The number of hydrogen-bond donors (Lipinski definition) is 2. The summed E-state index contributed by atoms with van der Waals surface area (Å²) < 4.78 is 5.19. The Balaban J connectivity index is 1.55. The molecule has 1 aliphatic rings. The van der Waals surface area contributed by atoms with Crippen molar-refractivity contribution in [2.75, 3.05) is 7.11 Å². The minimum atomic E-state index is -0.214. The van der Waals surface area contributed by atoms with E-state index >= 15 is 0 Å². The van der Waals surface area contributed by atoms with Gasteiger partial charge in [0.25, 0.3) is 0 Å². The zero-order valence-corrected chi connectivity index (χ0v) is 15.4. The molecule has 0 spiro atoms. The highest BCUT2D eigenvalue weighted by Gasteiger charge is 2.13. The van der Waals surface area contributed by atoms with Crippen LogP contribution in [0.15, 0.2) is 48.7 Å². The number of fused-ring (bicyclic) bond motifs is 1. The molecule has 2 amide bonds. The van der Waals surface area contributed by atoms with E-state index in [-0.39, 0.29) is 12.1 Å². The topological polar surface area (TPSA) is 50.4 Å². The third-order valence-corrected chi connectivity index (χ3v) is 4.80. The van der Waals surface area contributed by atoms with Crippen molar-refractivity contribution < 1.29 is 9.53 Å². The van der Waals surface area contributed by atoms with E-state index in [9.17, 15) is 4.79 Å². The van der Waals surface area contributed by atoms with Crippen molar-refractivity contribution in [2.45, 2.75) is 38.6 Å². The highest BCUT2D eigenvalue weighted by Crippen LogP contribution is 2.24. The first-order chi connectivity index (χ1) is 12.7. The summed E-state index contributed by atoms with van der Waals surface area (Å²) in [6.07, 6.45) is 8.34. The minimum Gasteiger partial charge on any atom is -0.497 e. The van der Waals surface area contributed by atoms with Crippen LogP contribution in [0.3, 0.4) is 0 Å². The van der Waals surface area contributed by atoms with Crippen LogP contribution in [-0.4, -0.2) is 13.1 Å². The Morgan fingerprint density at radius 1 is 1.12 bits per heavy atom. The number of carbonyl (C=O) groups excluding carboxylic acids is 1. The number of amides is 2. The first-order valence-electron chi connectivity index (χ1n) is 9.15. The Morgan fingerprint density at radius 2 is 1.92 bits per heavy atom. The van der Waals surface area contributed by atoms with Crippen LogP contribution in [0.4, 0.5) is 4.79 Å². The fourth-order valence-corrected chi connectivity index (χ4v) is 3.30. The molecular weight excluding hydrogens is 324 g/mol. The maximum Gasteiger partial charge on any atom is 0.319 e. The molecule has 2 N–H and O–H groups in total. The Bertz CT molecular complexity index is 798. The molecule has 1 unspecified atom stereocenters. The molecule has 136 valence electrons. The number of urea groups is 1. The van der Waals surface area contributed by atoms with E-state index in [0.29, 0.717) is 0 Å². The lowest BCUT2D eigenvalue weighted by atomic mass is 9.89. The number of benzene rings is 2. The number of nitrogens with one attached hydrogen (secondary N) is 2. The molecule has 0 saturated heterocycles. The molecule has 3 rings (SSSR count). The highest BCUT2D eigenvalue weighted by molar-refractivity contribution is 5.76. The molecule has 2 aromatic rings. The monoisotopic (exact) mass is 350 g/mol. The zero-order chi connectivity index (χ0) is 18.4. The molecule has 0 bridgehead atoms. The lowest BCUT2D eigenvalue weighted by Gasteiger charge is -2.20. The number of hydrogen-bond acceptors (Lipinski definition) is 2. The molecule has 1 aliphatic carbocycles. The van der Waals surface area contributed by atoms with E-state index in [2.05, 4.69) is 28.8 Å². The molecule has 4 heteroatoms. The van der Waals surface area contributed by atoms with Crippen LogP contribution in [0.2, 0.25) is 0 Å². The number of methoxy groups -OCH3 is 1. The standard InChI is InChI=1S/C22H26N2O2/c1-16(19-11-10-18-7-3-4-8-20(18)15-19)24-22(25)23-13-12-17-6-5-9-21(14-17)26-2/h5-6,9-16H,3-4,7-8H2,1-2H3,(H2,23,24,25)/b13-12+. The summed E-state index contributed by atoms with van der Waals surface area (Å²) in [5.41, 5.74) is 5.00. The van der Waals surface area contributed by atoms with Gasteiger partial charge < -0.3 is 15.4 Å². The summed E-state index contributed by atoms with van der Waals surface area (Å²) in [6, 6.07) is 14.0. The SMILES string of the molecule is COc1cccc(/C=C/NC(=O)NC(C)c2ccc3c(c2)CCCC3)c1. The molecule has 1 atom stereocenters. The second-order valence-electron chi connectivity index (χ2n) is 6.68. The van der Waals surface area contributed by atoms with Crippen LogP contribution >= 0.6 is 0 Å². The van der Waals surface area contributed by atoms with Crippen LogP contribution in [0.1, 0.15) is 48.1 Å². The summed E-state index contributed by atoms with van der Waals surface area (Å²) in [6.45, 7) is 2.01. The molecular formula is C22H26N2O2. The molecule has 0 heterocycles.